The zero-order valence-electron chi connectivity index (χ0n) is 26.3. The van der Waals surface area contributed by atoms with Gasteiger partial charge in [-0.2, -0.15) is 9.97 Å². The van der Waals surface area contributed by atoms with E-state index in [1.807, 2.05) is 52.9 Å². The highest BCUT2D eigenvalue weighted by atomic mass is 127. The lowest BCUT2D eigenvalue weighted by atomic mass is 9.96. The van der Waals surface area contributed by atoms with Gasteiger partial charge in [-0.1, -0.05) is 65.5 Å². The number of aliphatic carboxylic acids is 1. The van der Waals surface area contributed by atoms with Crippen LogP contribution < -0.4 is 15.0 Å². The topological polar surface area (TPSA) is 205 Å². The predicted octanol–water partition coefficient (Wildman–Crippen LogP) is 4.28. The molecule has 2 aromatic heterocycles. The molecule has 1 aliphatic heterocycles. The van der Waals surface area contributed by atoms with E-state index in [-0.39, 0.29) is 23.0 Å². The maximum atomic E-state index is 14.2. The van der Waals surface area contributed by atoms with E-state index >= 15 is 0 Å². The van der Waals surface area contributed by atoms with Gasteiger partial charge in [0.05, 0.1) is 26.2 Å². The first-order valence-electron chi connectivity index (χ1n) is 15.0. The Hall–Kier alpha value is -3.90. The second kappa shape index (κ2) is 14.1. The van der Waals surface area contributed by atoms with Crippen molar-refractivity contribution in [1.82, 2.24) is 24.4 Å². The number of carboxylic acids is 1. The average Bonchev–Trinajstić information content (AvgIpc) is 3.50. The number of carbonyl (C=O) groups is 1. The number of rotatable bonds is 12. The van der Waals surface area contributed by atoms with Gasteiger partial charge >= 0.3 is 14.1 Å². The van der Waals surface area contributed by atoms with E-state index in [1.165, 1.54) is 18.6 Å². The molecule has 0 bridgehead atoms. The summed E-state index contributed by atoms with van der Waals surface area (Å²) in [5.74, 6) is -0.896. The average molecular weight is 804 g/mol. The molecule has 1 aliphatic rings. The van der Waals surface area contributed by atoms with Crippen LogP contribution in [0.3, 0.4) is 0 Å². The molecule has 17 heteroatoms. The molecule has 1 fully saturated rings. The van der Waals surface area contributed by atoms with Gasteiger partial charge in [-0.05, 0) is 36.4 Å². The summed E-state index contributed by atoms with van der Waals surface area (Å²) in [6.07, 6.45) is -4.55. The number of halogens is 1. The smallest absolute Gasteiger partial charge is 0.331 e. The second-order valence-electron chi connectivity index (χ2n) is 11.5. The molecule has 0 saturated carbocycles. The summed E-state index contributed by atoms with van der Waals surface area (Å²) in [5, 5.41) is 34.4. The molecule has 49 heavy (non-hydrogen) atoms. The molecule has 1 radical (unpaired) electrons. The molecule has 3 heterocycles. The van der Waals surface area contributed by atoms with Crippen LogP contribution in [0.15, 0.2) is 66.7 Å². The normalized spacial score (nSPS) is 22.1. The van der Waals surface area contributed by atoms with E-state index in [2.05, 4.69) is 21.9 Å². The van der Waals surface area contributed by atoms with Gasteiger partial charge in [-0.15, -0.1) is 0 Å². The Bertz CT molecular complexity index is 2040. The summed E-state index contributed by atoms with van der Waals surface area (Å²) in [6.45, 7) is 4.94. The summed E-state index contributed by atoms with van der Waals surface area (Å²) >= 11 is 1.93. The highest BCUT2D eigenvalue weighted by Gasteiger charge is 2.54. The number of aliphatic hydroxyl groups is 2. The van der Waals surface area contributed by atoms with Crippen molar-refractivity contribution in [2.45, 2.75) is 43.4 Å². The van der Waals surface area contributed by atoms with E-state index in [9.17, 15) is 24.7 Å². The lowest BCUT2D eigenvalue weighted by molar-refractivity contribution is -0.169. The van der Waals surface area contributed by atoms with Gasteiger partial charge in [0, 0.05) is 28.0 Å². The van der Waals surface area contributed by atoms with Crippen molar-refractivity contribution >= 4 is 64.6 Å². The van der Waals surface area contributed by atoms with E-state index in [4.69, 9.17) is 24.6 Å². The zero-order valence-corrected chi connectivity index (χ0v) is 29.4. The number of anilines is 1. The van der Waals surface area contributed by atoms with Crippen molar-refractivity contribution in [3.63, 3.8) is 0 Å². The molecule has 0 amide bonds. The van der Waals surface area contributed by atoms with E-state index in [1.54, 1.807) is 36.4 Å². The third kappa shape index (κ3) is 6.81. The Kier molecular flexibility index (Phi) is 10.1. The number of nitrogen functional groups attached to an aromatic ring is 1. The summed E-state index contributed by atoms with van der Waals surface area (Å²) < 4.78 is 33.4. The minimum atomic E-state index is -3.41. The minimum absolute atomic E-state index is 0.109. The number of nitrogens with zero attached hydrogens (tertiary/aromatic N) is 5. The molecular weight excluding hydrogens is 770 g/mol. The minimum Gasteiger partial charge on any atom is -0.481 e. The number of benzene rings is 3. The number of methoxy groups -OCH3 is 1. The van der Waals surface area contributed by atoms with E-state index in [0.29, 0.717) is 26.1 Å². The van der Waals surface area contributed by atoms with Gasteiger partial charge in [0.15, 0.2) is 21.2 Å². The van der Waals surface area contributed by atoms with Crippen LogP contribution in [-0.4, -0.2) is 77.2 Å². The number of hydrogen-bond acceptors (Lipinski definition) is 12. The molecule has 3 aromatic carbocycles. The van der Waals surface area contributed by atoms with E-state index in [0.717, 1.165) is 10.2 Å². The molecule has 1 saturated heterocycles. The highest BCUT2D eigenvalue weighted by Crippen LogP contribution is 2.45. The monoisotopic (exact) mass is 803 g/mol. The molecule has 5 N–H and O–H groups in total. The molecule has 257 valence electrons. The SMILES string of the molecule is [CH2]c1ccccc1[C@H](CC(=O)O)N(OC[C@H]1O[C@@H](n2c(I)nc3c(OC)nc(N)nc32)[C@](C)(O)[C@@H]1O)[PH](=O)Oc1cccc2ccccc12. The fourth-order valence-corrected chi connectivity index (χ4v) is 7.68. The predicted molar refractivity (Wildman–Crippen MR) is 187 cm³/mol. The fraction of sp³-hybridized carbons (Fsp3) is 0.281. The standard InChI is InChI=1S/C32H33IN6O9P/c1-17-9-4-6-12-19(17)21(15-24(40)41)39(49(44)48-22-14-8-11-18-10-5-7-13-20(18)22)46-16-23-26(42)32(2,43)29(47-23)38-27-25(35-30(38)33)28(45-3)37-31(34)36-27/h4-14,21,23,26,29,42-43,49H,1,15-16H2,2-3H3,(H,40,41)(H2,34,36,37)/t21-,23+,26+,29+,32+/m0/s1. The Morgan fingerprint density at radius 1 is 1.16 bits per heavy atom. The molecule has 5 aromatic rings. The third-order valence-electron chi connectivity index (χ3n) is 8.23. The largest absolute Gasteiger partial charge is 0.481 e. The van der Waals surface area contributed by atoms with Gasteiger partial charge in [0.2, 0.25) is 11.8 Å². The van der Waals surface area contributed by atoms with Gasteiger partial charge in [0.25, 0.3) is 0 Å². The van der Waals surface area contributed by atoms with E-state index < -0.39 is 57.3 Å². The van der Waals surface area contributed by atoms with Crippen molar-refractivity contribution in [2.24, 2.45) is 0 Å². The number of carboxylic acid groups (broad SMARTS) is 1. The van der Waals surface area contributed by atoms with Crippen LogP contribution in [0, 0.1) is 10.8 Å². The van der Waals surface area contributed by atoms with Crippen molar-refractivity contribution in [2.75, 3.05) is 19.5 Å². The van der Waals surface area contributed by atoms with Gasteiger partial charge in [-0.3, -0.25) is 18.8 Å². The number of hydroxylamine groups is 1. The molecule has 0 spiro atoms. The first-order valence-corrected chi connectivity index (χ1v) is 17.3. The van der Waals surface area contributed by atoms with Crippen LogP contribution >= 0.6 is 30.8 Å². The summed E-state index contributed by atoms with van der Waals surface area (Å²) in [6, 6.07) is 18.3. The Morgan fingerprint density at radius 3 is 2.61 bits per heavy atom. The molecule has 0 aliphatic carbocycles. The zero-order chi connectivity index (χ0) is 35.0. The number of ether oxygens (including phenoxy) is 2. The third-order valence-corrected chi connectivity index (χ3v) is 10.2. The Morgan fingerprint density at radius 2 is 1.88 bits per heavy atom. The summed E-state index contributed by atoms with van der Waals surface area (Å²) in [4.78, 5) is 32.0. The Balaban J connectivity index is 1.34. The fourth-order valence-electron chi connectivity index (χ4n) is 5.83. The van der Waals surface area contributed by atoms with Gasteiger partial charge in [-0.25, -0.2) is 4.98 Å². The van der Waals surface area contributed by atoms with Crippen molar-refractivity contribution < 1.29 is 43.5 Å². The first-order chi connectivity index (χ1) is 23.4. The summed E-state index contributed by atoms with van der Waals surface area (Å²) in [5.41, 5.74) is 5.35. The molecule has 6 rings (SSSR count). The van der Waals surface area contributed by atoms with Crippen molar-refractivity contribution in [3.05, 3.63) is 88.6 Å². The first kappa shape index (κ1) is 34.9. The molecule has 1 unspecified atom stereocenters. The maximum absolute atomic E-state index is 14.2. The number of aliphatic hydroxyl groups excluding tert-OH is 1. The number of hydrogen-bond donors (Lipinski definition) is 4. The highest BCUT2D eigenvalue weighted by molar-refractivity contribution is 14.1. The molecular formula is C32H33IN6O9P. The lowest BCUT2D eigenvalue weighted by Crippen LogP contribution is -2.45. The van der Waals surface area contributed by atoms with Crippen LogP contribution in [0.25, 0.3) is 21.9 Å². The number of nitrogens with two attached hydrogens (primary N) is 1. The second-order valence-corrected chi connectivity index (χ2v) is 13.6. The van der Waals surface area contributed by atoms with Gasteiger partial charge < -0.3 is 35.1 Å². The maximum Gasteiger partial charge on any atom is 0.331 e. The van der Waals surface area contributed by atoms with Crippen LogP contribution in [0.1, 0.15) is 36.7 Å². The molecule has 15 nitrogen and oxygen atoms in total. The number of aromatic nitrogens is 4. The van der Waals surface area contributed by atoms with Crippen molar-refractivity contribution in [1.29, 1.82) is 0 Å². The summed E-state index contributed by atoms with van der Waals surface area (Å²) in [7, 11) is -2.01. The van der Waals surface area contributed by atoms with Crippen LogP contribution in [-0.2, 0) is 18.9 Å². The molecule has 6 atom stereocenters. The Labute approximate surface area is 294 Å². The number of imidazole rings is 1. The lowest BCUT2D eigenvalue weighted by Gasteiger charge is -2.31. The number of fused-ring (bicyclic) bond motifs is 2. The van der Waals surface area contributed by atoms with Gasteiger partial charge in [0.1, 0.15) is 23.6 Å². The quantitative estimate of drug-likeness (QED) is 0.0602. The van der Waals surface area contributed by atoms with Crippen LogP contribution in [0.4, 0.5) is 5.95 Å². The van der Waals surface area contributed by atoms with Crippen LogP contribution in [0.2, 0.25) is 0 Å². The van der Waals surface area contributed by atoms with Crippen molar-refractivity contribution in [3.8, 4) is 11.6 Å². The van der Waals surface area contributed by atoms with Crippen LogP contribution in [0.5, 0.6) is 11.6 Å².